The van der Waals surface area contributed by atoms with Gasteiger partial charge in [0.05, 0.1) is 18.8 Å². The first kappa shape index (κ1) is 19.6. The van der Waals surface area contributed by atoms with E-state index >= 15 is 0 Å². The maximum Gasteiger partial charge on any atom is 0.191 e. The second-order valence-electron chi connectivity index (χ2n) is 6.96. The average molecular weight is 403 g/mol. The third-order valence-corrected chi connectivity index (χ3v) is 4.60. The van der Waals surface area contributed by atoms with Crippen LogP contribution >= 0.6 is 0 Å². The predicted molar refractivity (Wildman–Crippen MR) is 115 cm³/mol. The Hall–Kier alpha value is -3.75. The van der Waals surface area contributed by atoms with Crippen LogP contribution in [-0.4, -0.2) is 41.9 Å². The molecule has 0 aliphatic rings. The Kier molecular flexibility index (Phi) is 5.69. The number of aromatic nitrogens is 6. The summed E-state index contributed by atoms with van der Waals surface area (Å²) in [6.07, 6.45) is 3.79. The Morgan fingerprint density at radius 3 is 2.73 bits per heavy atom. The number of nitrogens with zero attached hydrogens (tertiary/aromatic N) is 7. The van der Waals surface area contributed by atoms with E-state index in [1.807, 2.05) is 78.6 Å². The molecular formula is C21H25N9. The highest BCUT2D eigenvalue weighted by atomic mass is 15.3. The number of pyridine rings is 2. The zero-order chi connectivity index (χ0) is 20.9. The molecule has 0 spiro atoms. The van der Waals surface area contributed by atoms with Crippen molar-refractivity contribution in [2.75, 3.05) is 6.54 Å². The molecule has 4 aromatic heterocycles. The van der Waals surface area contributed by atoms with E-state index in [-0.39, 0.29) is 0 Å². The van der Waals surface area contributed by atoms with Crippen molar-refractivity contribution in [1.29, 1.82) is 0 Å². The molecule has 0 saturated heterocycles. The van der Waals surface area contributed by atoms with Crippen molar-refractivity contribution in [3.8, 4) is 5.82 Å². The van der Waals surface area contributed by atoms with Crippen LogP contribution in [0.25, 0.3) is 11.5 Å². The molecule has 0 fully saturated rings. The Morgan fingerprint density at radius 1 is 1.10 bits per heavy atom. The number of nitrogens with one attached hydrogen (secondary N) is 2. The molecule has 9 nitrogen and oxygen atoms in total. The topological polar surface area (TPSA) is 97.3 Å². The summed E-state index contributed by atoms with van der Waals surface area (Å²) in [5.74, 6) is 2.34. The Labute approximate surface area is 174 Å². The molecule has 0 aromatic carbocycles. The first-order valence-corrected chi connectivity index (χ1v) is 9.93. The van der Waals surface area contributed by atoms with Crippen LogP contribution in [0.2, 0.25) is 0 Å². The maximum atomic E-state index is 4.66. The fourth-order valence-corrected chi connectivity index (χ4v) is 3.18. The van der Waals surface area contributed by atoms with E-state index in [2.05, 4.69) is 35.9 Å². The summed E-state index contributed by atoms with van der Waals surface area (Å²) in [6, 6.07) is 11.9. The van der Waals surface area contributed by atoms with Crippen molar-refractivity contribution in [1.82, 2.24) is 40.0 Å². The molecule has 4 rings (SSSR count). The van der Waals surface area contributed by atoms with E-state index in [4.69, 9.17) is 0 Å². The monoisotopic (exact) mass is 403 g/mol. The van der Waals surface area contributed by atoms with Crippen molar-refractivity contribution < 1.29 is 0 Å². The number of hydrogen-bond donors (Lipinski definition) is 2. The Morgan fingerprint density at radius 2 is 2.00 bits per heavy atom. The van der Waals surface area contributed by atoms with Gasteiger partial charge in [0.2, 0.25) is 0 Å². The minimum absolute atomic E-state index is 0.514. The minimum atomic E-state index is 0.514. The number of hydrogen-bond acceptors (Lipinski definition) is 5. The van der Waals surface area contributed by atoms with Gasteiger partial charge in [0, 0.05) is 24.6 Å². The molecule has 0 atom stereocenters. The van der Waals surface area contributed by atoms with Crippen LogP contribution in [-0.2, 0) is 13.1 Å². The van der Waals surface area contributed by atoms with Gasteiger partial charge < -0.3 is 10.6 Å². The zero-order valence-corrected chi connectivity index (χ0v) is 17.4. The molecule has 0 bridgehead atoms. The van der Waals surface area contributed by atoms with Crippen molar-refractivity contribution in [3.05, 3.63) is 71.6 Å². The highest BCUT2D eigenvalue weighted by Crippen LogP contribution is 2.11. The fraction of sp³-hybridized carbons (Fsp3) is 0.286. The quantitative estimate of drug-likeness (QED) is 0.378. The number of rotatable bonds is 6. The average Bonchev–Trinajstić information content (AvgIpc) is 3.33. The van der Waals surface area contributed by atoms with Crippen molar-refractivity contribution in [2.45, 2.75) is 33.9 Å². The van der Waals surface area contributed by atoms with Gasteiger partial charge in [-0.15, -0.1) is 10.2 Å². The Bertz CT molecular complexity index is 1150. The summed E-state index contributed by atoms with van der Waals surface area (Å²) in [5.41, 5.74) is 3.88. The van der Waals surface area contributed by atoms with E-state index in [1.165, 1.54) is 0 Å². The van der Waals surface area contributed by atoms with Gasteiger partial charge in [-0.2, -0.15) is 5.10 Å². The second-order valence-corrected chi connectivity index (χ2v) is 6.96. The molecule has 4 heterocycles. The molecule has 0 radical (unpaired) electrons. The first-order chi connectivity index (χ1) is 14.6. The van der Waals surface area contributed by atoms with E-state index in [0.29, 0.717) is 19.0 Å². The lowest BCUT2D eigenvalue weighted by Crippen LogP contribution is -2.37. The lowest BCUT2D eigenvalue weighted by molar-refractivity contribution is 0.764. The standard InChI is InChI=1S/C21H25N9/c1-4-22-21(25-14-20-27-26-19-7-5-6-10-29(19)20)24-13-17-8-9-18(23-12-17)30-16(3)11-15(2)28-30/h5-12H,4,13-14H2,1-3H3,(H2,22,24,25). The molecule has 30 heavy (non-hydrogen) atoms. The first-order valence-electron chi connectivity index (χ1n) is 9.93. The molecule has 0 aliphatic heterocycles. The van der Waals surface area contributed by atoms with Gasteiger partial charge in [-0.05, 0) is 50.6 Å². The van der Waals surface area contributed by atoms with E-state index < -0.39 is 0 Å². The highest BCUT2D eigenvalue weighted by molar-refractivity contribution is 5.79. The summed E-state index contributed by atoms with van der Waals surface area (Å²) in [5, 5.41) is 19.5. The largest absolute Gasteiger partial charge is 0.357 e. The molecule has 0 saturated carbocycles. The number of aliphatic imine (C=N–C) groups is 1. The molecule has 2 N–H and O–H groups in total. The van der Waals surface area contributed by atoms with Crippen LogP contribution in [0, 0.1) is 13.8 Å². The SMILES string of the molecule is CCNC(=NCc1ccc(-n2nc(C)cc2C)nc1)NCc1nnc2ccccn12. The van der Waals surface area contributed by atoms with Crippen LogP contribution in [0.4, 0.5) is 0 Å². The van der Waals surface area contributed by atoms with E-state index in [9.17, 15) is 0 Å². The predicted octanol–water partition coefficient (Wildman–Crippen LogP) is 2.18. The Balaban J connectivity index is 1.43. The highest BCUT2D eigenvalue weighted by Gasteiger charge is 2.07. The van der Waals surface area contributed by atoms with E-state index in [0.717, 1.165) is 40.8 Å². The van der Waals surface area contributed by atoms with Gasteiger partial charge in [-0.25, -0.2) is 14.7 Å². The van der Waals surface area contributed by atoms with Crippen molar-refractivity contribution in [2.24, 2.45) is 4.99 Å². The summed E-state index contributed by atoms with van der Waals surface area (Å²) in [4.78, 5) is 9.20. The number of aryl methyl sites for hydroxylation is 2. The fourth-order valence-electron chi connectivity index (χ4n) is 3.18. The summed E-state index contributed by atoms with van der Waals surface area (Å²) in [6.45, 7) is 7.83. The minimum Gasteiger partial charge on any atom is -0.357 e. The normalized spacial score (nSPS) is 11.8. The molecule has 4 aromatic rings. The van der Waals surface area contributed by atoms with Gasteiger partial charge in [-0.3, -0.25) is 4.40 Å². The van der Waals surface area contributed by atoms with Gasteiger partial charge in [0.25, 0.3) is 0 Å². The van der Waals surface area contributed by atoms with Crippen LogP contribution in [0.15, 0.2) is 53.8 Å². The molecule has 0 amide bonds. The number of fused-ring (bicyclic) bond motifs is 1. The molecule has 154 valence electrons. The zero-order valence-electron chi connectivity index (χ0n) is 17.4. The second kappa shape index (κ2) is 8.73. The third kappa shape index (κ3) is 4.29. The van der Waals surface area contributed by atoms with Crippen LogP contribution in [0.3, 0.4) is 0 Å². The van der Waals surface area contributed by atoms with Crippen molar-refractivity contribution >= 4 is 11.6 Å². The van der Waals surface area contributed by atoms with Crippen LogP contribution in [0.5, 0.6) is 0 Å². The van der Waals surface area contributed by atoms with E-state index in [1.54, 1.807) is 0 Å². The lowest BCUT2D eigenvalue weighted by Gasteiger charge is -2.10. The molecule has 9 heteroatoms. The molecule has 0 aliphatic carbocycles. The van der Waals surface area contributed by atoms with Gasteiger partial charge in [0.15, 0.2) is 23.2 Å². The molecule has 0 unspecified atom stereocenters. The van der Waals surface area contributed by atoms with Crippen LogP contribution in [0.1, 0.15) is 29.7 Å². The summed E-state index contributed by atoms with van der Waals surface area (Å²) in [7, 11) is 0. The van der Waals surface area contributed by atoms with Crippen LogP contribution < -0.4 is 10.6 Å². The molecular weight excluding hydrogens is 378 g/mol. The summed E-state index contributed by atoms with van der Waals surface area (Å²) < 4.78 is 3.80. The summed E-state index contributed by atoms with van der Waals surface area (Å²) >= 11 is 0. The number of guanidine groups is 1. The van der Waals surface area contributed by atoms with Gasteiger partial charge in [0.1, 0.15) is 0 Å². The maximum absolute atomic E-state index is 4.66. The smallest absolute Gasteiger partial charge is 0.191 e. The lowest BCUT2D eigenvalue weighted by atomic mass is 10.3. The third-order valence-electron chi connectivity index (χ3n) is 4.60. The van der Waals surface area contributed by atoms with Crippen molar-refractivity contribution in [3.63, 3.8) is 0 Å². The van der Waals surface area contributed by atoms with Gasteiger partial charge in [-0.1, -0.05) is 12.1 Å². The van der Waals surface area contributed by atoms with Gasteiger partial charge >= 0.3 is 0 Å².